The quantitative estimate of drug-likeness (QED) is 0.332. The molecule has 0 aliphatic heterocycles. The summed E-state index contributed by atoms with van der Waals surface area (Å²) in [5.41, 5.74) is 0. The van der Waals surface area contributed by atoms with Crippen molar-refractivity contribution in [2.45, 2.75) is 104 Å². The van der Waals surface area contributed by atoms with Crippen molar-refractivity contribution in [1.82, 2.24) is 0 Å². The van der Waals surface area contributed by atoms with Gasteiger partial charge in [-0.25, -0.2) is 0 Å². The van der Waals surface area contributed by atoms with E-state index in [-0.39, 0.29) is 6.61 Å². The van der Waals surface area contributed by atoms with Crippen LogP contribution in [0.5, 0.6) is 0 Å². The molecule has 0 spiro atoms. The lowest BCUT2D eigenvalue weighted by atomic mass is 9.95. The van der Waals surface area contributed by atoms with Crippen molar-refractivity contribution < 1.29 is 15.0 Å². The van der Waals surface area contributed by atoms with Crippen LogP contribution in [0.25, 0.3) is 0 Å². The average Bonchev–Trinajstić information content (AvgIpc) is 2.53. The van der Waals surface area contributed by atoms with E-state index in [1.54, 1.807) is 0 Å². The van der Waals surface area contributed by atoms with E-state index in [2.05, 4.69) is 13.8 Å². The van der Waals surface area contributed by atoms with E-state index in [9.17, 15) is 4.79 Å². The maximum Gasteiger partial charge on any atom is 0.308 e. The number of carboxylic acid groups (broad SMARTS) is 1. The molecule has 0 aliphatic rings. The van der Waals surface area contributed by atoms with Crippen molar-refractivity contribution >= 4 is 5.97 Å². The van der Waals surface area contributed by atoms with Gasteiger partial charge in [-0.05, 0) is 12.3 Å². The third-order valence-corrected chi connectivity index (χ3v) is 4.87. The predicted molar refractivity (Wildman–Crippen MR) is 97.7 cm³/mol. The Morgan fingerprint density at radius 3 is 1.65 bits per heavy atom. The molecule has 0 bridgehead atoms. The fourth-order valence-corrected chi connectivity index (χ4v) is 3.12. The minimum atomic E-state index is -0.865. The highest BCUT2D eigenvalue weighted by Gasteiger charge is 2.14. The van der Waals surface area contributed by atoms with E-state index in [0.717, 1.165) is 18.8 Å². The van der Waals surface area contributed by atoms with Crippen LogP contribution in [-0.2, 0) is 4.79 Å². The van der Waals surface area contributed by atoms with Crippen LogP contribution in [-0.4, -0.2) is 22.8 Å². The third-order valence-electron chi connectivity index (χ3n) is 4.87. The van der Waals surface area contributed by atoms with Gasteiger partial charge in [0.2, 0.25) is 0 Å². The highest BCUT2D eigenvalue weighted by molar-refractivity contribution is 5.69. The maximum absolute atomic E-state index is 10.8. The van der Waals surface area contributed by atoms with Crippen molar-refractivity contribution in [2.24, 2.45) is 11.8 Å². The van der Waals surface area contributed by atoms with E-state index >= 15 is 0 Å². The standard InChI is InChI=1S/C20H40O3/c1-3-4-5-6-8-11-14-18(2)15-12-9-7-10-13-16-19(17-21)20(22)23/h18-19,21H,3-17H2,1-2H3,(H,22,23). The number of carboxylic acids is 1. The first-order chi connectivity index (χ1) is 11.1. The molecule has 2 atom stereocenters. The largest absolute Gasteiger partial charge is 0.481 e. The van der Waals surface area contributed by atoms with Gasteiger partial charge in [0.15, 0.2) is 0 Å². The van der Waals surface area contributed by atoms with Crippen molar-refractivity contribution in [3.05, 3.63) is 0 Å². The van der Waals surface area contributed by atoms with E-state index < -0.39 is 11.9 Å². The zero-order valence-electron chi connectivity index (χ0n) is 15.6. The summed E-state index contributed by atoms with van der Waals surface area (Å²) >= 11 is 0. The second-order valence-corrected chi connectivity index (χ2v) is 7.22. The Hall–Kier alpha value is -0.570. The van der Waals surface area contributed by atoms with Gasteiger partial charge in [-0.1, -0.05) is 97.3 Å². The normalized spacial score (nSPS) is 13.9. The van der Waals surface area contributed by atoms with Gasteiger partial charge < -0.3 is 10.2 Å². The van der Waals surface area contributed by atoms with Gasteiger partial charge in [-0.15, -0.1) is 0 Å². The molecule has 0 aromatic carbocycles. The van der Waals surface area contributed by atoms with Crippen LogP contribution in [0.15, 0.2) is 0 Å². The number of aliphatic hydroxyl groups excluding tert-OH is 1. The zero-order chi connectivity index (χ0) is 17.3. The molecule has 0 aromatic heterocycles. The monoisotopic (exact) mass is 328 g/mol. The summed E-state index contributed by atoms with van der Waals surface area (Å²) in [5.74, 6) is -0.574. The van der Waals surface area contributed by atoms with Gasteiger partial charge in [0.05, 0.1) is 12.5 Å². The van der Waals surface area contributed by atoms with Gasteiger partial charge >= 0.3 is 5.97 Å². The molecule has 0 heterocycles. The molecule has 0 rings (SSSR count). The Balaban J connectivity index is 3.32. The average molecular weight is 329 g/mol. The molecule has 0 saturated carbocycles. The molecule has 0 fully saturated rings. The Kier molecular flexibility index (Phi) is 15.9. The molecule has 2 N–H and O–H groups in total. The first-order valence-electron chi connectivity index (χ1n) is 9.95. The molecule has 0 amide bonds. The topological polar surface area (TPSA) is 57.5 Å². The Labute approximate surface area is 143 Å². The van der Waals surface area contributed by atoms with Gasteiger partial charge in [-0.2, -0.15) is 0 Å². The number of hydrogen-bond donors (Lipinski definition) is 2. The summed E-state index contributed by atoms with van der Waals surface area (Å²) in [6.07, 6.45) is 17.4. The molecule has 0 aliphatic carbocycles. The van der Waals surface area contributed by atoms with Crippen molar-refractivity contribution in [2.75, 3.05) is 6.61 Å². The molecular weight excluding hydrogens is 288 g/mol. The Bertz CT molecular complexity index is 266. The van der Waals surface area contributed by atoms with Crippen LogP contribution < -0.4 is 0 Å². The smallest absolute Gasteiger partial charge is 0.308 e. The summed E-state index contributed by atoms with van der Waals surface area (Å²) in [4.78, 5) is 10.8. The second-order valence-electron chi connectivity index (χ2n) is 7.22. The van der Waals surface area contributed by atoms with Crippen LogP contribution in [0, 0.1) is 11.8 Å². The van der Waals surface area contributed by atoms with E-state index in [4.69, 9.17) is 10.2 Å². The minimum Gasteiger partial charge on any atom is -0.481 e. The number of rotatable bonds is 17. The van der Waals surface area contributed by atoms with Gasteiger partial charge in [0.25, 0.3) is 0 Å². The van der Waals surface area contributed by atoms with Crippen LogP contribution >= 0.6 is 0 Å². The summed E-state index contributed by atoms with van der Waals surface area (Å²) < 4.78 is 0. The van der Waals surface area contributed by atoms with E-state index in [1.165, 1.54) is 70.6 Å². The molecule has 0 saturated heterocycles. The highest BCUT2D eigenvalue weighted by Crippen LogP contribution is 2.19. The van der Waals surface area contributed by atoms with Crippen LogP contribution in [0.3, 0.4) is 0 Å². The van der Waals surface area contributed by atoms with Gasteiger partial charge in [-0.3, -0.25) is 4.79 Å². The van der Waals surface area contributed by atoms with Gasteiger partial charge in [0, 0.05) is 0 Å². The van der Waals surface area contributed by atoms with Crippen molar-refractivity contribution in [3.8, 4) is 0 Å². The highest BCUT2D eigenvalue weighted by atomic mass is 16.4. The number of hydrogen-bond acceptors (Lipinski definition) is 2. The molecule has 3 heteroatoms. The fourth-order valence-electron chi connectivity index (χ4n) is 3.12. The first-order valence-corrected chi connectivity index (χ1v) is 9.95. The molecule has 0 radical (unpaired) electrons. The lowest BCUT2D eigenvalue weighted by Gasteiger charge is -2.11. The zero-order valence-corrected chi connectivity index (χ0v) is 15.6. The summed E-state index contributed by atoms with van der Waals surface area (Å²) in [5, 5.41) is 17.8. The molecule has 3 nitrogen and oxygen atoms in total. The van der Waals surface area contributed by atoms with Crippen LogP contribution in [0.2, 0.25) is 0 Å². The number of aliphatic hydroxyl groups is 1. The Morgan fingerprint density at radius 1 is 0.783 bits per heavy atom. The number of carbonyl (C=O) groups is 1. The second kappa shape index (κ2) is 16.3. The number of aliphatic carboxylic acids is 1. The van der Waals surface area contributed by atoms with E-state index in [1.807, 2.05) is 0 Å². The molecule has 2 unspecified atom stereocenters. The summed E-state index contributed by atoms with van der Waals surface area (Å²) in [7, 11) is 0. The molecule has 138 valence electrons. The van der Waals surface area contributed by atoms with Crippen LogP contribution in [0.1, 0.15) is 104 Å². The summed E-state index contributed by atoms with van der Waals surface area (Å²) in [6.45, 7) is 4.41. The lowest BCUT2D eigenvalue weighted by molar-refractivity contribution is -0.143. The molecular formula is C20H40O3. The lowest BCUT2D eigenvalue weighted by Crippen LogP contribution is -2.17. The van der Waals surface area contributed by atoms with Crippen molar-refractivity contribution in [3.63, 3.8) is 0 Å². The van der Waals surface area contributed by atoms with Gasteiger partial charge in [0.1, 0.15) is 0 Å². The number of unbranched alkanes of at least 4 members (excludes halogenated alkanes) is 9. The van der Waals surface area contributed by atoms with E-state index in [0.29, 0.717) is 6.42 Å². The van der Waals surface area contributed by atoms with Crippen molar-refractivity contribution in [1.29, 1.82) is 0 Å². The molecule has 0 aromatic rings. The SMILES string of the molecule is CCCCCCCCC(C)CCCCCCCC(CO)C(=O)O. The third kappa shape index (κ3) is 14.7. The maximum atomic E-state index is 10.8. The Morgan fingerprint density at radius 2 is 1.22 bits per heavy atom. The first kappa shape index (κ1) is 22.4. The van der Waals surface area contributed by atoms with Crippen LogP contribution in [0.4, 0.5) is 0 Å². The predicted octanol–water partition coefficient (Wildman–Crippen LogP) is 5.80. The fraction of sp³-hybridized carbons (Fsp3) is 0.950. The summed E-state index contributed by atoms with van der Waals surface area (Å²) in [6, 6.07) is 0. The molecule has 23 heavy (non-hydrogen) atoms. The minimum absolute atomic E-state index is 0.231.